The standard InChI is InChI=1S/C22H17N7O2.C16H10BrN5.C6H8N2O2/c1-13-19(31-14(2)25-13)21(30)26-18-8-16(9-23-11-18)20-27-22-24-10-17(12-29(22)28-20)15-6-4-3-5-7-15;17-14-8-12(6-7-18-14)15-20-16-19-9-13(10-22(16)21-15)11-4-2-1-3-5-11;1-3-5(6(7)9)10-4(2)8-3/h3-12H,1-2H3,(H,26,30);1-10H;1-2H3,(H2,7,9). The molecule has 0 bridgehead atoms. The van der Waals surface area contributed by atoms with Crippen molar-refractivity contribution in [1.29, 1.82) is 0 Å². The van der Waals surface area contributed by atoms with E-state index in [1.165, 1.54) is 0 Å². The predicted molar refractivity (Wildman–Crippen MR) is 235 cm³/mol. The number of amides is 2. The van der Waals surface area contributed by atoms with Crippen LogP contribution in [0, 0.1) is 27.7 Å². The summed E-state index contributed by atoms with van der Waals surface area (Å²) < 4.78 is 14.3. The molecule has 2 amide bonds. The maximum absolute atomic E-state index is 12.5. The van der Waals surface area contributed by atoms with Gasteiger partial charge in [0.2, 0.25) is 11.5 Å². The van der Waals surface area contributed by atoms with Crippen LogP contribution in [-0.4, -0.2) is 70.9 Å². The number of carbonyl (C=O) groups excluding carboxylic acids is 2. The molecule has 19 heteroatoms. The molecule has 0 saturated heterocycles. The summed E-state index contributed by atoms with van der Waals surface area (Å²) in [5.74, 6) is 2.38. The number of aryl methyl sites for hydroxylation is 4. The van der Waals surface area contributed by atoms with Crippen molar-refractivity contribution in [2.24, 2.45) is 5.73 Å². The van der Waals surface area contributed by atoms with E-state index in [9.17, 15) is 9.59 Å². The molecule has 0 radical (unpaired) electrons. The Morgan fingerprint density at radius 3 is 1.63 bits per heavy atom. The summed E-state index contributed by atoms with van der Waals surface area (Å²) in [6.45, 7) is 6.76. The third kappa shape index (κ3) is 9.68. The summed E-state index contributed by atoms with van der Waals surface area (Å²) in [5.41, 5.74) is 12.1. The first kappa shape index (κ1) is 41.4. The molecule has 0 saturated carbocycles. The summed E-state index contributed by atoms with van der Waals surface area (Å²) in [6, 6.07) is 25.5. The fourth-order valence-corrected chi connectivity index (χ4v) is 6.59. The van der Waals surface area contributed by atoms with Crippen LogP contribution in [0.2, 0.25) is 0 Å². The number of anilines is 1. The monoisotopic (exact) mass is 902 g/mol. The van der Waals surface area contributed by atoms with E-state index < -0.39 is 11.8 Å². The second-order valence-electron chi connectivity index (χ2n) is 13.7. The van der Waals surface area contributed by atoms with Crippen molar-refractivity contribution in [3.8, 4) is 45.0 Å². The van der Waals surface area contributed by atoms with Crippen LogP contribution >= 0.6 is 15.9 Å². The normalized spacial score (nSPS) is 10.8. The maximum atomic E-state index is 12.5. The van der Waals surface area contributed by atoms with Gasteiger partial charge in [-0.25, -0.2) is 34.0 Å². The molecule has 0 aliphatic carbocycles. The molecule has 0 spiro atoms. The van der Waals surface area contributed by atoms with Crippen LogP contribution in [0.25, 0.3) is 56.6 Å². The average molecular weight is 904 g/mol. The van der Waals surface area contributed by atoms with Gasteiger partial charge < -0.3 is 19.9 Å². The quantitative estimate of drug-likeness (QED) is 0.146. The van der Waals surface area contributed by atoms with Crippen LogP contribution < -0.4 is 11.1 Å². The maximum Gasteiger partial charge on any atom is 0.293 e. The van der Waals surface area contributed by atoms with Crippen molar-refractivity contribution >= 4 is 45.0 Å². The highest BCUT2D eigenvalue weighted by molar-refractivity contribution is 9.10. The second-order valence-corrected chi connectivity index (χ2v) is 14.5. The van der Waals surface area contributed by atoms with Crippen LogP contribution in [0.3, 0.4) is 0 Å². The number of nitrogens with two attached hydrogens (primary N) is 1. The number of pyridine rings is 2. The zero-order chi connectivity index (χ0) is 44.0. The highest BCUT2D eigenvalue weighted by Crippen LogP contribution is 2.24. The minimum atomic E-state index is -0.571. The number of carbonyl (C=O) groups is 2. The molecule has 312 valence electrons. The topological polar surface area (TPSA) is 236 Å². The number of nitrogens with zero attached hydrogens (tertiary/aromatic N) is 12. The van der Waals surface area contributed by atoms with E-state index in [0.717, 1.165) is 32.4 Å². The predicted octanol–water partition coefficient (Wildman–Crippen LogP) is 7.72. The van der Waals surface area contributed by atoms with E-state index in [0.29, 0.717) is 57.6 Å². The third-order valence-electron chi connectivity index (χ3n) is 9.08. The Morgan fingerprint density at radius 2 is 1.14 bits per heavy atom. The number of rotatable bonds is 7. The van der Waals surface area contributed by atoms with Crippen molar-refractivity contribution in [3.05, 3.63) is 162 Å². The van der Waals surface area contributed by atoms with Gasteiger partial charge in [-0.1, -0.05) is 60.7 Å². The third-order valence-corrected chi connectivity index (χ3v) is 9.51. The molecule has 8 aromatic heterocycles. The van der Waals surface area contributed by atoms with Crippen molar-refractivity contribution in [2.75, 3.05) is 5.32 Å². The van der Waals surface area contributed by atoms with E-state index in [4.69, 9.17) is 14.6 Å². The van der Waals surface area contributed by atoms with Gasteiger partial charge in [0, 0.05) is 73.3 Å². The van der Waals surface area contributed by atoms with E-state index >= 15 is 0 Å². The SMILES string of the molecule is Brc1cc(-c2nc3ncc(-c4ccccc4)cn3n2)ccn1.Cc1nc(C)c(C(=O)Nc2cncc(-c3nc4ncc(-c5ccccc5)cn4n3)c2)o1.Cc1nc(C)c(C(N)=O)o1. The van der Waals surface area contributed by atoms with Gasteiger partial charge in [0.1, 0.15) is 4.60 Å². The van der Waals surface area contributed by atoms with Crippen LogP contribution in [-0.2, 0) is 0 Å². The number of benzene rings is 2. The molecule has 63 heavy (non-hydrogen) atoms. The van der Waals surface area contributed by atoms with Crippen LogP contribution in [0.15, 0.2) is 136 Å². The van der Waals surface area contributed by atoms with Crippen molar-refractivity contribution < 1.29 is 18.4 Å². The number of halogens is 1. The Hall–Kier alpha value is -8.32. The molecular formula is C44H35BrN14O4. The average Bonchev–Trinajstić information content (AvgIpc) is 4.08. The zero-order valence-corrected chi connectivity index (χ0v) is 35.6. The van der Waals surface area contributed by atoms with Gasteiger partial charge in [-0.2, -0.15) is 9.97 Å². The van der Waals surface area contributed by atoms with Gasteiger partial charge in [0.05, 0.1) is 23.3 Å². The summed E-state index contributed by atoms with van der Waals surface area (Å²) in [7, 11) is 0. The summed E-state index contributed by atoms with van der Waals surface area (Å²) in [5, 5.41) is 11.8. The Labute approximate surface area is 366 Å². The number of fused-ring (bicyclic) bond motifs is 2. The minimum absolute atomic E-state index is 0.150. The molecule has 10 aromatic rings. The molecule has 8 heterocycles. The largest absolute Gasteiger partial charge is 0.436 e. The van der Waals surface area contributed by atoms with Crippen molar-refractivity contribution in [1.82, 2.24) is 59.1 Å². The first-order valence-electron chi connectivity index (χ1n) is 19.1. The van der Waals surface area contributed by atoms with E-state index in [1.54, 1.807) is 67.6 Å². The van der Waals surface area contributed by atoms with Crippen LogP contribution in [0.1, 0.15) is 44.3 Å². The van der Waals surface area contributed by atoms with Crippen LogP contribution in [0.5, 0.6) is 0 Å². The van der Waals surface area contributed by atoms with Gasteiger partial charge in [-0.3, -0.25) is 14.6 Å². The number of primary amides is 1. The highest BCUT2D eigenvalue weighted by atomic mass is 79.9. The lowest BCUT2D eigenvalue weighted by atomic mass is 10.1. The van der Waals surface area contributed by atoms with Crippen molar-refractivity contribution in [2.45, 2.75) is 27.7 Å². The van der Waals surface area contributed by atoms with Gasteiger partial charge >= 0.3 is 0 Å². The Bertz CT molecular complexity index is 3240. The molecule has 3 N–H and O–H groups in total. The van der Waals surface area contributed by atoms with Crippen molar-refractivity contribution in [3.63, 3.8) is 0 Å². The Balaban J connectivity index is 0.000000147. The lowest BCUT2D eigenvalue weighted by molar-refractivity contribution is 0.0969. The second kappa shape index (κ2) is 18.1. The molecule has 0 aliphatic heterocycles. The first-order chi connectivity index (χ1) is 30.5. The van der Waals surface area contributed by atoms with E-state index in [2.05, 4.69) is 71.3 Å². The molecule has 0 unspecified atom stereocenters. The molecule has 18 nitrogen and oxygen atoms in total. The summed E-state index contributed by atoms with van der Waals surface area (Å²) >= 11 is 3.36. The molecule has 10 rings (SSSR count). The van der Waals surface area contributed by atoms with E-state index in [1.807, 2.05) is 91.4 Å². The smallest absolute Gasteiger partial charge is 0.293 e. The van der Waals surface area contributed by atoms with E-state index in [-0.39, 0.29) is 11.5 Å². The molecule has 0 atom stereocenters. The molecule has 2 aromatic carbocycles. The number of aromatic nitrogens is 12. The Kier molecular flexibility index (Phi) is 11.9. The zero-order valence-electron chi connectivity index (χ0n) is 34.0. The number of oxazole rings is 2. The van der Waals surface area contributed by atoms with Gasteiger partial charge in [0.15, 0.2) is 23.4 Å². The lowest BCUT2D eigenvalue weighted by Gasteiger charge is -2.04. The van der Waals surface area contributed by atoms with Gasteiger partial charge in [-0.15, -0.1) is 10.2 Å². The summed E-state index contributed by atoms with van der Waals surface area (Å²) in [6.07, 6.45) is 12.3. The Morgan fingerprint density at radius 1 is 0.603 bits per heavy atom. The molecular weight excluding hydrogens is 868 g/mol. The number of hydrogen-bond donors (Lipinski definition) is 2. The fourth-order valence-electron chi connectivity index (χ4n) is 6.23. The first-order valence-corrected chi connectivity index (χ1v) is 19.9. The van der Waals surface area contributed by atoms with Crippen LogP contribution in [0.4, 0.5) is 5.69 Å². The lowest BCUT2D eigenvalue weighted by Crippen LogP contribution is -2.12. The minimum Gasteiger partial charge on any atom is -0.436 e. The molecule has 0 fully saturated rings. The summed E-state index contributed by atoms with van der Waals surface area (Å²) in [4.78, 5) is 57.0. The highest BCUT2D eigenvalue weighted by Gasteiger charge is 2.18. The molecule has 0 aliphatic rings. The number of hydrogen-bond acceptors (Lipinski definition) is 14. The van der Waals surface area contributed by atoms with Gasteiger partial charge in [0.25, 0.3) is 23.4 Å². The number of nitrogens with one attached hydrogen (secondary N) is 1. The van der Waals surface area contributed by atoms with Gasteiger partial charge in [-0.05, 0) is 59.1 Å². The fraction of sp³-hybridized carbons (Fsp3) is 0.0909.